The molecule has 5 heteroatoms. The second-order valence-electron chi connectivity index (χ2n) is 6.98. The first kappa shape index (κ1) is 17.5. The van der Waals surface area contributed by atoms with E-state index >= 15 is 0 Å². The van der Waals surface area contributed by atoms with Crippen molar-refractivity contribution in [2.24, 2.45) is 5.92 Å². The van der Waals surface area contributed by atoms with Crippen molar-refractivity contribution >= 4 is 22.5 Å². The molecule has 0 unspecified atom stereocenters. The zero-order valence-electron chi connectivity index (χ0n) is 15.2. The summed E-state index contributed by atoms with van der Waals surface area (Å²) in [5, 5.41) is 3.98. The van der Waals surface area contributed by atoms with E-state index in [2.05, 4.69) is 10.3 Å². The van der Waals surface area contributed by atoms with E-state index in [4.69, 9.17) is 10.5 Å². The number of hydrogen-bond donors (Lipinski definition) is 2. The van der Waals surface area contributed by atoms with Crippen molar-refractivity contribution in [2.75, 3.05) is 25.5 Å². The molecule has 3 aromatic rings. The minimum absolute atomic E-state index is 0.0278. The van der Waals surface area contributed by atoms with Gasteiger partial charge in [-0.1, -0.05) is 18.2 Å². The number of amides is 1. The number of ether oxygens (including phenoxy) is 1. The van der Waals surface area contributed by atoms with Crippen molar-refractivity contribution in [3.05, 3.63) is 60.3 Å². The maximum absolute atomic E-state index is 12.4. The Morgan fingerprint density at radius 1 is 1.07 bits per heavy atom. The molecule has 0 saturated carbocycles. The molecule has 1 fully saturated rings. The Balaban J connectivity index is 1.47. The molecule has 2 heterocycles. The van der Waals surface area contributed by atoms with Crippen LogP contribution < -0.4 is 11.1 Å². The first-order valence-electron chi connectivity index (χ1n) is 9.31. The number of fused-ring (bicyclic) bond motifs is 1. The molecule has 1 saturated heterocycles. The Kier molecular flexibility index (Phi) is 5.03. The number of nitrogens with one attached hydrogen (secondary N) is 1. The van der Waals surface area contributed by atoms with E-state index in [0.29, 0.717) is 23.7 Å². The predicted octanol–water partition coefficient (Wildman–Crippen LogP) is 3.64. The van der Waals surface area contributed by atoms with Crippen LogP contribution in [0.1, 0.15) is 23.2 Å². The molecular formula is C22H23N3O2. The summed E-state index contributed by atoms with van der Waals surface area (Å²) >= 11 is 0. The van der Waals surface area contributed by atoms with E-state index < -0.39 is 0 Å². The molecule has 1 aliphatic heterocycles. The number of hydrogen-bond acceptors (Lipinski definition) is 4. The second-order valence-corrected chi connectivity index (χ2v) is 6.98. The fourth-order valence-electron chi connectivity index (χ4n) is 3.45. The van der Waals surface area contributed by atoms with Crippen molar-refractivity contribution < 1.29 is 9.53 Å². The highest BCUT2D eigenvalue weighted by Crippen LogP contribution is 2.27. The Morgan fingerprint density at radius 3 is 2.59 bits per heavy atom. The molecule has 1 amide bonds. The van der Waals surface area contributed by atoms with Crippen LogP contribution >= 0.6 is 0 Å². The van der Waals surface area contributed by atoms with Gasteiger partial charge in [0.05, 0.1) is 5.52 Å². The van der Waals surface area contributed by atoms with Crippen LogP contribution in [0.4, 0.5) is 5.69 Å². The minimum Gasteiger partial charge on any atom is -0.398 e. The lowest BCUT2D eigenvalue weighted by atomic mass is 9.99. The van der Waals surface area contributed by atoms with Crippen LogP contribution in [-0.2, 0) is 4.74 Å². The minimum atomic E-state index is -0.0278. The number of carbonyl (C=O) groups is 1. The van der Waals surface area contributed by atoms with Gasteiger partial charge in [-0.2, -0.15) is 0 Å². The van der Waals surface area contributed by atoms with E-state index in [1.807, 2.05) is 42.5 Å². The summed E-state index contributed by atoms with van der Waals surface area (Å²) in [5.74, 6) is 0.485. The number of pyridine rings is 1. The maximum Gasteiger partial charge on any atom is 0.251 e. The van der Waals surface area contributed by atoms with Crippen molar-refractivity contribution in [3.8, 4) is 11.1 Å². The quantitative estimate of drug-likeness (QED) is 0.744. The topological polar surface area (TPSA) is 77.2 Å². The molecule has 4 rings (SSSR count). The predicted molar refractivity (Wildman–Crippen MR) is 107 cm³/mol. The average molecular weight is 361 g/mol. The first-order valence-corrected chi connectivity index (χ1v) is 9.31. The lowest BCUT2D eigenvalue weighted by Crippen LogP contribution is -2.32. The summed E-state index contributed by atoms with van der Waals surface area (Å²) in [6.45, 7) is 2.29. The highest BCUT2D eigenvalue weighted by Gasteiger charge is 2.15. The maximum atomic E-state index is 12.4. The van der Waals surface area contributed by atoms with Crippen LogP contribution in [0.3, 0.4) is 0 Å². The van der Waals surface area contributed by atoms with Crippen LogP contribution in [0.2, 0.25) is 0 Å². The van der Waals surface area contributed by atoms with Crippen LogP contribution in [0.5, 0.6) is 0 Å². The smallest absolute Gasteiger partial charge is 0.251 e. The molecule has 1 aliphatic rings. The summed E-state index contributed by atoms with van der Waals surface area (Å²) in [7, 11) is 0. The zero-order valence-corrected chi connectivity index (χ0v) is 15.2. The van der Waals surface area contributed by atoms with E-state index in [1.54, 1.807) is 12.3 Å². The molecular weight excluding hydrogens is 338 g/mol. The lowest BCUT2D eigenvalue weighted by molar-refractivity contribution is 0.0642. The molecule has 3 N–H and O–H groups in total. The van der Waals surface area contributed by atoms with Gasteiger partial charge in [-0.3, -0.25) is 9.78 Å². The SMILES string of the molecule is Nc1ccnc2ccc(-c3ccc(C(=O)NCC4CCOCC4)cc3)cc12. The van der Waals surface area contributed by atoms with E-state index in [-0.39, 0.29) is 5.91 Å². The van der Waals surface area contributed by atoms with Gasteiger partial charge in [0.2, 0.25) is 0 Å². The molecule has 0 aliphatic carbocycles. The summed E-state index contributed by atoms with van der Waals surface area (Å²) in [5.41, 5.74) is 10.4. The van der Waals surface area contributed by atoms with E-state index in [0.717, 1.165) is 48.1 Å². The van der Waals surface area contributed by atoms with Gasteiger partial charge >= 0.3 is 0 Å². The number of nitrogen functional groups attached to an aromatic ring is 1. The normalized spacial score (nSPS) is 15.0. The van der Waals surface area contributed by atoms with E-state index in [1.165, 1.54) is 0 Å². The van der Waals surface area contributed by atoms with Gasteiger partial charge in [0, 0.05) is 42.6 Å². The van der Waals surface area contributed by atoms with E-state index in [9.17, 15) is 4.79 Å². The number of benzene rings is 2. The summed E-state index contributed by atoms with van der Waals surface area (Å²) in [4.78, 5) is 16.7. The third-order valence-electron chi connectivity index (χ3n) is 5.15. The standard InChI is InChI=1S/C22H23N3O2/c23-20-7-10-24-21-6-5-18(13-19(20)21)16-1-3-17(4-2-16)22(26)25-14-15-8-11-27-12-9-15/h1-7,10,13,15H,8-9,11-12,14H2,(H2,23,24)(H,25,26). The van der Waals surface area contributed by atoms with Crippen LogP contribution in [-0.4, -0.2) is 30.6 Å². The Bertz CT molecular complexity index is 947. The number of carbonyl (C=O) groups excluding carboxylic acids is 1. The van der Waals surface area contributed by atoms with Gasteiger partial charge in [0.15, 0.2) is 0 Å². The number of aromatic nitrogens is 1. The largest absolute Gasteiger partial charge is 0.398 e. The van der Waals surface area contributed by atoms with Crippen molar-refractivity contribution in [3.63, 3.8) is 0 Å². The third kappa shape index (κ3) is 3.93. The van der Waals surface area contributed by atoms with Gasteiger partial charge in [0.1, 0.15) is 0 Å². The van der Waals surface area contributed by atoms with Gasteiger partial charge in [-0.15, -0.1) is 0 Å². The Morgan fingerprint density at radius 2 is 1.81 bits per heavy atom. The average Bonchev–Trinajstić information content (AvgIpc) is 2.73. The molecule has 0 radical (unpaired) electrons. The molecule has 5 nitrogen and oxygen atoms in total. The summed E-state index contributed by atoms with van der Waals surface area (Å²) in [6.07, 6.45) is 3.74. The summed E-state index contributed by atoms with van der Waals surface area (Å²) in [6, 6.07) is 15.5. The highest BCUT2D eigenvalue weighted by atomic mass is 16.5. The number of rotatable bonds is 4. The van der Waals surface area contributed by atoms with Gasteiger partial charge in [-0.05, 0) is 60.2 Å². The first-order chi connectivity index (χ1) is 13.2. The summed E-state index contributed by atoms with van der Waals surface area (Å²) < 4.78 is 5.36. The molecule has 1 aromatic heterocycles. The fraction of sp³-hybridized carbons (Fsp3) is 0.273. The molecule has 27 heavy (non-hydrogen) atoms. The molecule has 0 spiro atoms. The lowest BCUT2D eigenvalue weighted by Gasteiger charge is -2.22. The second kappa shape index (κ2) is 7.76. The third-order valence-corrected chi connectivity index (χ3v) is 5.15. The van der Waals surface area contributed by atoms with Crippen molar-refractivity contribution in [1.29, 1.82) is 0 Å². The van der Waals surface area contributed by atoms with Crippen LogP contribution in [0.15, 0.2) is 54.7 Å². The monoisotopic (exact) mass is 361 g/mol. The van der Waals surface area contributed by atoms with Gasteiger partial charge < -0.3 is 15.8 Å². The number of nitrogens with zero attached hydrogens (tertiary/aromatic N) is 1. The molecule has 2 aromatic carbocycles. The fourth-order valence-corrected chi connectivity index (χ4v) is 3.45. The highest BCUT2D eigenvalue weighted by molar-refractivity contribution is 5.95. The molecule has 138 valence electrons. The Hall–Kier alpha value is -2.92. The van der Waals surface area contributed by atoms with Crippen LogP contribution in [0.25, 0.3) is 22.0 Å². The molecule has 0 atom stereocenters. The zero-order chi connectivity index (χ0) is 18.6. The Labute approximate surface area is 158 Å². The van der Waals surface area contributed by atoms with Gasteiger partial charge in [0.25, 0.3) is 5.91 Å². The van der Waals surface area contributed by atoms with Crippen LogP contribution in [0, 0.1) is 5.92 Å². The molecule has 0 bridgehead atoms. The van der Waals surface area contributed by atoms with Crippen molar-refractivity contribution in [1.82, 2.24) is 10.3 Å². The van der Waals surface area contributed by atoms with Gasteiger partial charge in [-0.25, -0.2) is 0 Å². The number of nitrogens with two attached hydrogens (primary N) is 1. The number of anilines is 1. The van der Waals surface area contributed by atoms with Crippen molar-refractivity contribution in [2.45, 2.75) is 12.8 Å².